The van der Waals surface area contributed by atoms with Gasteiger partial charge in [-0.25, -0.2) is 0 Å². The molecule has 0 unspecified atom stereocenters. The van der Waals surface area contributed by atoms with Crippen molar-refractivity contribution in [1.82, 2.24) is 20.4 Å². The van der Waals surface area contributed by atoms with E-state index in [4.69, 9.17) is 0 Å². The molecule has 0 bridgehead atoms. The molecule has 2 heterocycles. The lowest BCUT2D eigenvalue weighted by atomic mass is 9.82. The van der Waals surface area contributed by atoms with E-state index in [-0.39, 0.29) is 18.3 Å². The summed E-state index contributed by atoms with van der Waals surface area (Å²) in [5, 5.41) is 10.8. The number of nitrogens with one attached hydrogen (secondary N) is 2. The highest BCUT2D eigenvalue weighted by Crippen LogP contribution is 2.42. The Hall–Kier alpha value is -1.07. The van der Waals surface area contributed by atoms with Crippen molar-refractivity contribution >= 4 is 18.3 Å². The van der Waals surface area contributed by atoms with Crippen LogP contribution in [0.2, 0.25) is 0 Å². The third kappa shape index (κ3) is 4.20. The number of hydrogen-bond donors (Lipinski definition) is 2. The second kappa shape index (κ2) is 7.67. The van der Waals surface area contributed by atoms with Gasteiger partial charge >= 0.3 is 0 Å². The maximum absolute atomic E-state index is 12.4. The summed E-state index contributed by atoms with van der Waals surface area (Å²) in [7, 11) is 0. The van der Waals surface area contributed by atoms with Crippen LogP contribution in [0.25, 0.3) is 0 Å². The minimum Gasteiger partial charge on any atom is -0.352 e. The Morgan fingerprint density at radius 1 is 1.24 bits per heavy atom. The van der Waals surface area contributed by atoms with Gasteiger partial charge in [-0.3, -0.25) is 14.8 Å². The highest BCUT2D eigenvalue weighted by Gasteiger charge is 2.43. The Morgan fingerprint density at radius 2 is 2.00 bits per heavy atom. The molecule has 2 atom stereocenters. The van der Waals surface area contributed by atoms with Crippen LogP contribution < -0.4 is 5.32 Å². The molecule has 0 radical (unpaired) electrons. The number of amides is 1. The number of hydrogen-bond acceptors (Lipinski definition) is 3. The van der Waals surface area contributed by atoms with Crippen molar-refractivity contribution in [2.45, 2.75) is 65.0 Å². The SMILES string of the molecule is Cc1n[nH]c(C)c1CN1C[C@H](NC(=O)CC2CCC2)[C@@H](C2CC2)C1.Cl. The van der Waals surface area contributed by atoms with E-state index in [1.54, 1.807) is 0 Å². The lowest BCUT2D eigenvalue weighted by molar-refractivity contribution is -0.123. The molecular weight excluding hydrogens is 336 g/mol. The van der Waals surface area contributed by atoms with Gasteiger partial charge < -0.3 is 5.32 Å². The number of aromatic nitrogens is 2. The van der Waals surface area contributed by atoms with E-state index in [9.17, 15) is 4.79 Å². The van der Waals surface area contributed by atoms with Crippen molar-refractivity contribution in [1.29, 1.82) is 0 Å². The molecule has 2 saturated carbocycles. The van der Waals surface area contributed by atoms with Crippen LogP contribution in [-0.4, -0.2) is 40.1 Å². The van der Waals surface area contributed by atoms with Crippen molar-refractivity contribution in [3.63, 3.8) is 0 Å². The number of rotatable bonds is 6. The topological polar surface area (TPSA) is 61.0 Å². The summed E-state index contributed by atoms with van der Waals surface area (Å²) in [5.74, 6) is 2.41. The molecule has 25 heavy (non-hydrogen) atoms. The summed E-state index contributed by atoms with van der Waals surface area (Å²) in [6.45, 7) is 7.23. The minimum atomic E-state index is 0. The lowest BCUT2D eigenvalue weighted by Crippen LogP contribution is -2.42. The molecule has 0 spiro atoms. The predicted molar refractivity (Wildman–Crippen MR) is 101 cm³/mol. The van der Waals surface area contributed by atoms with E-state index in [1.807, 2.05) is 0 Å². The van der Waals surface area contributed by atoms with Crippen LogP contribution in [0.1, 0.15) is 55.5 Å². The lowest BCUT2D eigenvalue weighted by Gasteiger charge is -2.26. The van der Waals surface area contributed by atoms with Gasteiger partial charge in [0.15, 0.2) is 0 Å². The zero-order valence-electron chi connectivity index (χ0n) is 15.4. The number of H-pyrrole nitrogens is 1. The van der Waals surface area contributed by atoms with Crippen LogP contribution in [0.4, 0.5) is 0 Å². The van der Waals surface area contributed by atoms with Crippen molar-refractivity contribution in [2.24, 2.45) is 17.8 Å². The molecular formula is C19H31ClN4O. The van der Waals surface area contributed by atoms with E-state index in [2.05, 4.69) is 34.3 Å². The molecule has 3 aliphatic rings. The number of aryl methyl sites for hydroxylation is 2. The summed E-state index contributed by atoms with van der Waals surface area (Å²) < 4.78 is 0. The van der Waals surface area contributed by atoms with E-state index >= 15 is 0 Å². The van der Waals surface area contributed by atoms with E-state index in [0.29, 0.717) is 17.9 Å². The number of aromatic amines is 1. The summed E-state index contributed by atoms with van der Waals surface area (Å²) in [6.07, 6.45) is 7.23. The Labute approximate surface area is 156 Å². The smallest absolute Gasteiger partial charge is 0.220 e. The van der Waals surface area contributed by atoms with Crippen LogP contribution in [0, 0.1) is 31.6 Å². The normalized spacial score (nSPS) is 27.0. The third-order valence-corrected chi connectivity index (χ3v) is 6.38. The zero-order chi connectivity index (χ0) is 16.7. The molecule has 4 rings (SSSR count). The largest absolute Gasteiger partial charge is 0.352 e. The Balaban J connectivity index is 0.00000182. The summed E-state index contributed by atoms with van der Waals surface area (Å²) >= 11 is 0. The van der Waals surface area contributed by atoms with Gasteiger partial charge in [0, 0.05) is 43.4 Å². The molecule has 1 saturated heterocycles. The van der Waals surface area contributed by atoms with Crippen LogP contribution in [0.3, 0.4) is 0 Å². The van der Waals surface area contributed by atoms with Gasteiger partial charge in [-0.2, -0.15) is 5.10 Å². The average molecular weight is 367 g/mol. The Morgan fingerprint density at radius 3 is 2.56 bits per heavy atom. The van der Waals surface area contributed by atoms with Gasteiger partial charge in [0.2, 0.25) is 5.91 Å². The molecule has 0 aromatic carbocycles. The van der Waals surface area contributed by atoms with Crippen molar-refractivity contribution < 1.29 is 4.79 Å². The number of halogens is 1. The third-order valence-electron chi connectivity index (χ3n) is 6.38. The minimum absolute atomic E-state index is 0. The monoisotopic (exact) mass is 366 g/mol. The second-order valence-electron chi connectivity index (χ2n) is 8.28. The fraction of sp³-hybridized carbons (Fsp3) is 0.789. The molecule has 2 aliphatic carbocycles. The fourth-order valence-electron chi connectivity index (χ4n) is 4.45. The first kappa shape index (κ1) is 18.7. The first-order valence-corrected chi connectivity index (χ1v) is 9.62. The van der Waals surface area contributed by atoms with Gasteiger partial charge in [0.1, 0.15) is 0 Å². The van der Waals surface area contributed by atoms with E-state index in [1.165, 1.54) is 43.4 Å². The number of carbonyl (C=O) groups excluding carboxylic acids is 1. The first-order valence-electron chi connectivity index (χ1n) is 9.62. The zero-order valence-corrected chi connectivity index (χ0v) is 16.2. The predicted octanol–water partition coefficient (Wildman–Crippen LogP) is 2.97. The highest BCUT2D eigenvalue weighted by molar-refractivity contribution is 5.85. The summed E-state index contributed by atoms with van der Waals surface area (Å²) in [6, 6.07) is 0.345. The van der Waals surface area contributed by atoms with Gasteiger partial charge in [-0.1, -0.05) is 6.42 Å². The van der Waals surface area contributed by atoms with E-state index < -0.39 is 0 Å². The number of nitrogens with zero attached hydrogens (tertiary/aromatic N) is 2. The molecule has 5 nitrogen and oxygen atoms in total. The van der Waals surface area contributed by atoms with Crippen molar-refractivity contribution in [2.75, 3.05) is 13.1 Å². The van der Waals surface area contributed by atoms with Crippen LogP contribution in [-0.2, 0) is 11.3 Å². The highest BCUT2D eigenvalue weighted by atomic mass is 35.5. The average Bonchev–Trinajstić information content (AvgIpc) is 3.21. The van der Waals surface area contributed by atoms with Crippen molar-refractivity contribution in [3.8, 4) is 0 Å². The van der Waals surface area contributed by atoms with E-state index in [0.717, 1.165) is 37.7 Å². The van der Waals surface area contributed by atoms with Gasteiger partial charge in [-0.15, -0.1) is 12.4 Å². The molecule has 1 aliphatic heterocycles. The number of likely N-dealkylation sites (tertiary alicyclic amines) is 1. The maximum Gasteiger partial charge on any atom is 0.220 e. The van der Waals surface area contributed by atoms with Gasteiger partial charge in [-0.05, 0) is 57.3 Å². The fourth-order valence-corrected chi connectivity index (χ4v) is 4.45. The van der Waals surface area contributed by atoms with Gasteiger partial charge in [0.05, 0.1) is 5.69 Å². The second-order valence-corrected chi connectivity index (χ2v) is 8.28. The summed E-state index contributed by atoms with van der Waals surface area (Å²) in [5.41, 5.74) is 3.60. The molecule has 1 aromatic rings. The van der Waals surface area contributed by atoms with Gasteiger partial charge in [0.25, 0.3) is 0 Å². The van der Waals surface area contributed by atoms with Crippen LogP contribution in [0.5, 0.6) is 0 Å². The van der Waals surface area contributed by atoms with Crippen LogP contribution >= 0.6 is 12.4 Å². The molecule has 2 N–H and O–H groups in total. The Kier molecular flexibility index (Phi) is 5.74. The van der Waals surface area contributed by atoms with Crippen molar-refractivity contribution in [3.05, 3.63) is 17.0 Å². The number of carbonyl (C=O) groups is 1. The first-order chi connectivity index (χ1) is 11.6. The molecule has 140 valence electrons. The molecule has 1 aromatic heterocycles. The Bertz CT molecular complexity index is 589. The molecule has 1 amide bonds. The molecule has 3 fully saturated rings. The summed E-state index contributed by atoms with van der Waals surface area (Å²) in [4.78, 5) is 14.9. The standard InChI is InChI=1S/C19H30N4O.ClH/c1-12-16(13(2)22-21-12)9-23-10-17(15-6-7-15)18(11-23)20-19(24)8-14-4-3-5-14;/h14-15,17-18H,3-11H2,1-2H3,(H,20,24)(H,21,22);1H/t17-,18+;/m1./s1. The maximum atomic E-state index is 12.4. The van der Waals surface area contributed by atoms with Crippen LogP contribution in [0.15, 0.2) is 0 Å². The molecule has 6 heteroatoms. The quantitative estimate of drug-likeness (QED) is 0.813.